The van der Waals surface area contributed by atoms with Gasteiger partial charge in [-0.05, 0) is 37.6 Å². The molecule has 0 bridgehead atoms. The highest BCUT2D eigenvalue weighted by Gasteiger charge is 2.17. The largest absolute Gasteiger partial charge is 0.481 e. The molecule has 6 heteroatoms. The van der Waals surface area contributed by atoms with Crippen molar-refractivity contribution in [3.63, 3.8) is 0 Å². The number of anilines is 1. The molecule has 0 atom stereocenters. The van der Waals surface area contributed by atoms with Gasteiger partial charge in [0.2, 0.25) is 11.8 Å². The number of fused-ring (bicyclic) bond motifs is 1. The smallest absolute Gasteiger partial charge is 0.239 e. The van der Waals surface area contributed by atoms with Crippen LogP contribution in [0.15, 0.2) is 54.6 Å². The molecule has 0 aliphatic rings. The van der Waals surface area contributed by atoms with Crippen molar-refractivity contribution in [3.8, 4) is 17.9 Å². The average Bonchev–Trinajstić information content (AvgIpc) is 3.09. The summed E-state index contributed by atoms with van der Waals surface area (Å²) in [6, 6.07) is 20.0. The van der Waals surface area contributed by atoms with Crippen LogP contribution in [-0.4, -0.2) is 21.6 Å². The van der Waals surface area contributed by atoms with E-state index in [1.54, 1.807) is 7.11 Å². The second-order valence-electron chi connectivity index (χ2n) is 6.82. The number of aromatic nitrogens is 3. The highest BCUT2D eigenvalue weighted by molar-refractivity contribution is 5.88. The van der Waals surface area contributed by atoms with Crippen molar-refractivity contribution < 1.29 is 4.74 Å². The van der Waals surface area contributed by atoms with Crippen LogP contribution in [0.5, 0.6) is 5.88 Å². The Hall–Kier alpha value is -3.85. The van der Waals surface area contributed by atoms with Gasteiger partial charge in [0.25, 0.3) is 0 Å². The number of nitriles is 1. The zero-order valence-electron chi connectivity index (χ0n) is 16.6. The summed E-state index contributed by atoms with van der Waals surface area (Å²) < 4.78 is 7.47. The fourth-order valence-electron chi connectivity index (χ4n) is 3.46. The van der Waals surface area contributed by atoms with Crippen molar-refractivity contribution in [1.29, 1.82) is 5.26 Å². The molecule has 0 saturated heterocycles. The molecule has 0 radical (unpaired) electrons. The number of rotatable bonds is 5. The van der Waals surface area contributed by atoms with Gasteiger partial charge in [-0.1, -0.05) is 36.4 Å². The molecule has 0 unspecified atom stereocenters. The van der Waals surface area contributed by atoms with E-state index in [4.69, 9.17) is 9.72 Å². The number of benzene rings is 2. The number of nitrogens with one attached hydrogen (secondary N) is 1. The van der Waals surface area contributed by atoms with Gasteiger partial charge in [0.05, 0.1) is 29.8 Å². The predicted octanol–water partition coefficient (Wildman–Crippen LogP) is 4.53. The van der Waals surface area contributed by atoms with Crippen molar-refractivity contribution >= 4 is 16.7 Å². The molecule has 0 spiro atoms. The van der Waals surface area contributed by atoms with Gasteiger partial charge in [0.15, 0.2) is 0 Å². The predicted molar refractivity (Wildman–Crippen MR) is 113 cm³/mol. The minimum atomic E-state index is 0.505. The molecule has 4 rings (SSSR count). The molecule has 4 aromatic rings. The van der Waals surface area contributed by atoms with E-state index in [0.717, 1.165) is 27.7 Å². The minimum Gasteiger partial charge on any atom is -0.481 e. The fourth-order valence-corrected chi connectivity index (χ4v) is 3.46. The van der Waals surface area contributed by atoms with Crippen molar-refractivity contribution in [1.82, 2.24) is 14.5 Å². The molecule has 2 aromatic carbocycles. The fraction of sp³-hybridized carbons (Fsp3) is 0.174. The Kier molecular flexibility index (Phi) is 4.88. The van der Waals surface area contributed by atoms with E-state index in [1.807, 2.05) is 60.9 Å². The Balaban J connectivity index is 1.82. The summed E-state index contributed by atoms with van der Waals surface area (Å²) in [6.07, 6.45) is 0. The Morgan fingerprint density at radius 1 is 1.07 bits per heavy atom. The summed E-state index contributed by atoms with van der Waals surface area (Å²) in [5.41, 5.74) is 4.47. The van der Waals surface area contributed by atoms with Gasteiger partial charge >= 0.3 is 0 Å². The molecule has 0 fully saturated rings. The van der Waals surface area contributed by atoms with Crippen LogP contribution in [0.1, 0.15) is 22.4 Å². The van der Waals surface area contributed by atoms with Gasteiger partial charge in [0.1, 0.15) is 5.82 Å². The van der Waals surface area contributed by atoms with Crippen molar-refractivity contribution in [2.75, 3.05) is 12.4 Å². The standard InChI is InChI=1S/C23H21N5O/c1-15-12-19-18(13-24)10-7-11-20(19)28(15)23-26-21(16(2)22(27-23)29-3)25-14-17-8-5-4-6-9-17/h4-12H,14H2,1-3H3,(H,25,26,27). The van der Waals surface area contributed by atoms with Crippen LogP contribution >= 0.6 is 0 Å². The van der Waals surface area contributed by atoms with Gasteiger partial charge in [-0.2, -0.15) is 15.2 Å². The molecule has 0 saturated carbocycles. The van der Waals surface area contributed by atoms with Gasteiger partial charge in [-0.3, -0.25) is 4.57 Å². The van der Waals surface area contributed by atoms with E-state index in [0.29, 0.717) is 29.8 Å². The van der Waals surface area contributed by atoms with E-state index >= 15 is 0 Å². The van der Waals surface area contributed by atoms with Gasteiger partial charge in [-0.15, -0.1) is 0 Å². The number of hydrogen-bond donors (Lipinski definition) is 1. The van der Waals surface area contributed by atoms with Crippen LogP contribution in [0, 0.1) is 25.2 Å². The van der Waals surface area contributed by atoms with E-state index in [9.17, 15) is 5.26 Å². The molecule has 2 aromatic heterocycles. The lowest BCUT2D eigenvalue weighted by Gasteiger charge is -2.15. The first-order chi connectivity index (χ1) is 14.1. The molecule has 0 amide bonds. The molecule has 2 heterocycles. The number of hydrogen-bond acceptors (Lipinski definition) is 5. The highest BCUT2D eigenvalue weighted by atomic mass is 16.5. The monoisotopic (exact) mass is 383 g/mol. The molecular formula is C23H21N5O. The maximum atomic E-state index is 9.43. The Labute approximate surface area is 169 Å². The quantitative estimate of drug-likeness (QED) is 0.548. The van der Waals surface area contributed by atoms with Crippen LogP contribution in [0.25, 0.3) is 16.9 Å². The molecule has 29 heavy (non-hydrogen) atoms. The molecule has 1 N–H and O–H groups in total. The van der Waals surface area contributed by atoms with E-state index in [1.165, 1.54) is 0 Å². The molecular weight excluding hydrogens is 362 g/mol. The first-order valence-corrected chi connectivity index (χ1v) is 9.34. The van der Waals surface area contributed by atoms with Crippen molar-refractivity contribution in [2.45, 2.75) is 20.4 Å². The zero-order chi connectivity index (χ0) is 20.4. The van der Waals surface area contributed by atoms with E-state index < -0.39 is 0 Å². The lowest BCUT2D eigenvalue weighted by Crippen LogP contribution is -2.10. The highest BCUT2D eigenvalue weighted by Crippen LogP contribution is 2.29. The molecule has 144 valence electrons. The third-order valence-corrected chi connectivity index (χ3v) is 4.94. The number of methoxy groups -OCH3 is 1. The maximum absolute atomic E-state index is 9.43. The summed E-state index contributed by atoms with van der Waals surface area (Å²) in [7, 11) is 1.61. The minimum absolute atomic E-state index is 0.505. The Morgan fingerprint density at radius 3 is 2.59 bits per heavy atom. The maximum Gasteiger partial charge on any atom is 0.239 e. The van der Waals surface area contributed by atoms with Gasteiger partial charge < -0.3 is 10.1 Å². The average molecular weight is 383 g/mol. The van der Waals surface area contributed by atoms with Crippen molar-refractivity contribution in [2.24, 2.45) is 0 Å². The molecule has 0 aliphatic carbocycles. The first kappa shape index (κ1) is 18.5. The van der Waals surface area contributed by atoms with Crippen LogP contribution in [-0.2, 0) is 6.54 Å². The summed E-state index contributed by atoms with van der Waals surface area (Å²) in [4.78, 5) is 9.40. The SMILES string of the molecule is COc1nc(-n2c(C)cc3c(C#N)cccc32)nc(NCc2ccccc2)c1C. The Morgan fingerprint density at radius 2 is 1.86 bits per heavy atom. The first-order valence-electron chi connectivity index (χ1n) is 9.34. The number of aryl methyl sites for hydroxylation is 1. The number of ether oxygens (including phenoxy) is 1. The summed E-state index contributed by atoms with van der Waals surface area (Å²) in [6.45, 7) is 4.56. The third-order valence-electron chi connectivity index (χ3n) is 4.94. The lowest BCUT2D eigenvalue weighted by atomic mass is 10.1. The molecule has 0 aliphatic heterocycles. The van der Waals surface area contributed by atoms with Gasteiger partial charge in [-0.25, -0.2) is 0 Å². The summed E-state index contributed by atoms with van der Waals surface area (Å²) in [5.74, 6) is 1.74. The van der Waals surface area contributed by atoms with Crippen molar-refractivity contribution in [3.05, 3.63) is 77.0 Å². The Bertz CT molecular complexity index is 1220. The van der Waals surface area contributed by atoms with Crippen LogP contribution < -0.4 is 10.1 Å². The van der Waals surface area contributed by atoms with Gasteiger partial charge in [0, 0.05) is 17.6 Å². The summed E-state index contributed by atoms with van der Waals surface area (Å²) in [5, 5.41) is 13.7. The van der Waals surface area contributed by atoms with Crippen LogP contribution in [0.2, 0.25) is 0 Å². The van der Waals surface area contributed by atoms with Crippen LogP contribution in [0.4, 0.5) is 5.82 Å². The lowest BCUT2D eigenvalue weighted by molar-refractivity contribution is 0.393. The topological polar surface area (TPSA) is 75.8 Å². The second kappa shape index (κ2) is 7.64. The third kappa shape index (κ3) is 3.39. The molecule has 6 nitrogen and oxygen atoms in total. The normalized spacial score (nSPS) is 10.7. The van der Waals surface area contributed by atoms with E-state index in [2.05, 4.69) is 28.5 Å². The van der Waals surface area contributed by atoms with E-state index in [-0.39, 0.29) is 0 Å². The summed E-state index contributed by atoms with van der Waals surface area (Å²) >= 11 is 0. The second-order valence-corrected chi connectivity index (χ2v) is 6.82. The zero-order valence-corrected chi connectivity index (χ0v) is 16.6. The van der Waals surface area contributed by atoms with Crippen LogP contribution in [0.3, 0.4) is 0 Å². The number of nitrogens with zero attached hydrogens (tertiary/aromatic N) is 4.